The van der Waals surface area contributed by atoms with Crippen molar-refractivity contribution in [3.8, 4) is 11.5 Å². The molecular formula is C14H12F2N2O3. The molecule has 2 aromatic rings. The van der Waals surface area contributed by atoms with Crippen LogP contribution in [-0.4, -0.2) is 17.6 Å². The maximum Gasteiger partial charge on any atom is 0.387 e. The summed E-state index contributed by atoms with van der Waals surface area (Å²) in [5, 5.41) is 11.7. The van der Waals surface area contributed by atoms with Gasteiger partial charge in [-0.2, -0.15) is 8.78 Å². The third-order valence-corrected chi connectivity index (χ3v) is 2.63. The van der Waals surface area contributed by atoms with E-state index < -0.39 is 12.5 Å². The van der Waals surface area contributed by atoms with E-state index in [1.807, 2.05) is 0 Å². The number of phenols is 1. The number of hydrogen-bond acceptors (Lipinski definition) is 4. The molecule has 0 bridgehead atoms. The number of carbonyl (C=O) groups is 1. The van der Waals surface area contributed by atoms with Crippen molar-refractivity contribution in [3.63, 3.8) is 0 Å². The number of benzene rings is 2. The minimum Gasteiger partial charge on any atom is -0.508 e. The van der Waals surface area contributed by atoms with Gasteiger partial charge < -0.3 is 20.9 Å². The number of ether oxygens (including phenoxy) is 1. The first-order chi connectivity index (χ1) is 9.97. The molecule has 0 atom stereocenters. The molecule has 0 radical (unpaired) electrons. The largest absolute Gasteiger partial charge is 0.508 e. The number of halogens is 2. The molecule has 2 rings (SSSR count). The zero-order valence-electron chi connectivity index (χ0n) is 10.7. The molecule has 110 valence electrons. The fourth-order valence-corrected chi connectivity index (χ4v) is 1.71. The zero-order valence-corrected chi connectivity index (χ0v) is 10.7. The van der Waals surface area contributed by atoms with Gasteiger partial charge in [-0.05, 0) is 24.3 Å². The fraction of sp³-hybridized carbons (Fsp3) is 0.0714. The second-order valence-electron chi connectivity index (χ2n) is 4.10. The molecule has 0 aliphatic carbocycles. The van der Waals surface area contributed by atoms with Gasteiger partial charge >= 0.3 is 6.61 Å². The lowest BCUT2D eigenvalue weighted by Crippen LogP contribution is -2.15. The van der Waals surface area contributed by atoms with E-state index in [1.165, 1.54) is 42.5 Å². The van der Waals surface area contributed by atoms with Crippen molar-refractivity contribution in [2.45, 2.75) is 6.61 Å². The van der Waals surface area contributed by atoms with Gasteiger partial charge in [0, 0.05) is 6.07 Å². The molecule has 0 saturated carbocycles. The summed E-state index contributed by atoms with van der Waals surface area (Å²) in [4.78, 5) is 12.1. The molecule has 4 N–H and O–H groups in total. The van der Waals surface area contributed by atoms with E-state index in [4.69, 9.17) is 5.73 Å². The number of phenolic OH excluding ortho intramolecular Hbond substituents is 1. The molecule has 0 unspecified atom stereocenters. The van der Waals surface area contributed by atoms with Gasteiger partial charge in [-0.15, -0.1) is 0 Å². The van der Waals surface area contributed by atoms with Gasteiger partial charge in [-0.25, -0.2) is 0 Å². The summed E-state index contributed by atoms with van der Waals surface area (Å²) in [6, 6.07) is 9.62. The number of para-hydroxylation sites is 1. The van der Waals surface area contributed by atoms with Gasteiger partial charge in [-0.1, -0.05) is 12.1 Å². The van der Waals surface area contributed by atoms with Crippen molar-refractivity contribution in [2.24, 2.45) is 0 Å². The van der Waals surface area contributed by atoms with E-state index in [0.29, 0.717) is 0 Å². The fourth-order valence-electron chi connectivity index (χ4n) is 1.71. The summed E-state index contributed by atoms with van der Waals surface area (Å²) in [5.74, 6) is -0.932. The third kappa shape index (κ3) is 3.59. The molecular weight excluding hydrogens is 282 g/mol. The van der Waals surface area contributed by atoms with E-state index in [0.717, 1.165) is 0 Å². The standard InChI is InChI=1S/C14H12F2N2O3/c15-14(16)21-12-4-2-1-3-9(12)13(20)18-11-6-5-8(19)7-10(11)17/h1-7,14,19H,17H2,(H,18,20). The molecule has 0 aromatic heterocycles. The lowest BCUT2D eigenvalue weighted by Gasteiger charge is -2.12. The van der Waals surface area contributed by atoms with Crippen molar-refractivity contribution in [3.05, 3.63) is 48.0 Å². The smallest absolute Gasteiger partial charge is 0.387 e. The van der Waals surface area contributed by atoms with Crippen LogP contribution in [0.1, 0.15) is 10.4 Å². The van der Waals surface area contributed by atoms with Crippen LogP contribution in [0.5, 0.6) is 11.5 Å². The first-order valence-electron chi connectivity index (χ1n) is 5.91. The van der Waals surface area contributed by atoms with Gasteiger partial charge in [0.25, 0.3) is 5.91 Å². The summed E-state index contributed by atoms with van der Waals surface area (Å²) < 4.78 is 28.9. The van der Waals surface area contributed by atoms with Crippen LogP contribution >= 0.6 is 0 Å². The number of nitrogens with two attached hydrogens (primary N) is 1. The number of carbonyl (C=O) groups excluding carboxylic acids is 1. The molecule has 0 spiro atoms. The number of nitrogen functional groups attached to an aromatic ring is 1. The molecule has 0 saturated heterocycles. The second kappa shape index (κ2) is 6.08. The minimum atomic E-state index is -3.03. The molecule has 21 heavy (non-hydrogen) atoms. The Morgan fingerprint density at radius 2 is 1.95 bits per heavy atom. The van der Waals surface area contributed by atoms with Crippen molar-refractivity contribution >= 4 is 17.3 Å². The van der Waals surface area contributed by atoms with Crippen LogP contribution in [0.4, 0.5) is 20.2 Å². The van der Waals surface area contributed by atoms with Crippen LogP contribution < -0.4 is 15.8 Å². The molecule has 0 heterocycles. The monoisotopic (exact) mass is 294 g/mol. The lowest BCUT2D eigenvalue weighted by atomic mass is 10.1. The van der Waals surface area contributed by atoms with Crippen LogP contribution in [0.25, 0.3) is 0 Å². The quantitative estimate of drug-likeness (QED) is 0.598. The maximum absolute atomic E-state index is 12.3. The van der Waals surface area contributed by atoms with E-state index in [1.54, 1.807) is 0 Å². The Kier molecular flexibility index (Phi) is 4.22. The highest BCUT2D eigenvalue weighted by Crippen LogP contribution is 2.26. The maximum atomic E-state index is 12.3. The zero-order chi connectivity index (χ0) is 15.4. The Hall–Kier alpha value is -2.83. The van der Waals surface area contributed by atoms with Gasteiger partial charge in [0.05, 0.1) is 16.9 Å². The summed E-state index contributed by atoms with van der Waals surface area (Å²) in [7, 11) is 0. The predicted molar refractivity (Wildman–Crippen MR) is 73.5 cm³/mol. The summed E-state index contributed by atoms with van der Waals surface area (Å²) in [6.07, 6.45) is 0. The Balaban J connectivity index is 2.24. The van der Waals surface area contributed by atoms with Crippen LogP contribution in [0, 0.1) is 0 Å². The molecule has 5 nitrogen and oxygen atoms in total. The number of hydrogen-bond donors (Lipinski definition) is 3. The number of amides is 1. The summed E-state index contributed by atoms with van der Waals surface area (Å²) >= 11 is 0. The second-order valence-corrected chi connectivity index (χ2v) is 4.10. The molecule has 0 aliphatic rings. The SMILES string of the molecule is Nc1cc(O)ccc1NC(=O)c1ccccc1OC(F)F. The number of aromatic hydroxyl groups is 1. The summed E-state index contributed by atoms with van der Waals surface area (Å²) in [6.45, 7) is -3.03. The number of anilines is 2. The van der Waals surface area contributed by atoms with Crippen LogP contribution in [0.2, 0.25) is 0 Å². The van der Waals surface area contributed by atoms with Gasteiger partial charge in [0.2, 0.25) is 0 Å². The first kappa shape index (κ1) is 14.6. The minimum absolute atomic E-state index is 0.0491. The van der Waals surface area contributed by atoms with E-state index in [2.05, 4.69) is 10.1 Å². The normalized spacial score (nSPS) is 10.4. The molecule has 2 aromatic carbocycles. The summed E-state index contributed by atoms with van der Waals surface area (Å²) in [5.41, 5.74) is 5.99. The Morgan fingerprint density at radius 3 is 2.62 bits per heavy atom. The number of alkyl halides is 2. The van der Waals surface area contributed by atoms with Crippen molar-refractivity contribution in [1.82, 2.24) is 0 Å². The molecule has 0 fully saturated rings. The Labute approximate surface area is 119 Å². The van der Waals surface area contributed by atoms with Crippen molar-refractivity contribution in [1.29, 1.82) is 0 Å². The highest BCUT2D eigenvalue weighted by Gasteiger charge is 2.16. The Bertz CT molecular complexity index is 662. The number of nitrogens with one attached hydrogen (secondary N) is 1. The molecule has 0 aliphatic heterocycles. The Morgan fingerprint density at radius 1 is 1.24 bits per heavy atom. The third-order valence-electron chi connectivity index (χ3n) is 2.63. The van der Waals surface area contributed by atoms with E-state index in [9.17, 15) is 18.7 Å². The van der Waals surface area contributed by atoms with Gasteiger partial charge in [0.1, 0.15) is 11.5 Å². The van der Waals surface area contributed by atoms with Crippen LogP contribution in [-0.2, 0) is 0 Å². The average molecular weight is 294 g/mol. The highest BCUT2D eigenvalue weighted by molar-refractivity contribution is 6.07. The average Bonchev–Trinajstić information content (AvgIpc) is 2.42. The predicted octanol–water partition coefficient (Wildman–Crippen LogP) is 2.83. The van der Waals surface area contributed by atoms with Gasteiger partial charge in [0.15, 0.2) is 0 Å². The van der Waals surface area contributed by atoms with Crippen molar-refractivity contribution < 1.29 is 23.4 Å². The van der Waals surface area contributed by atoms with Gasteiger partial charge in [-0.3, -0.25) is 4.79 Å². The van der Waals surface area contributed by atoms with Crippen LogP contribution in [0.15, 0.2) is 42.5 Å². The van der Waals surface area contributed by atoms with E-state index >= 15 is 0 Å². The van der Waals surface area contributed by atoms with E-state index in [-0.39, 0.29) is 28.4 Å². The highest BCUT2D eigenvalue weighted by atomic mass is 19.3. The topological polar surface area (TPSA) is 84.6 Å². The number of rotatable bonds is 4. The van der Waals surface area contributed by atoms with Crippen molar-refractivity contribution in [2.75, 3.05) is 11.1 Å². The van der Waals surface area contributed by atoms with Crippen LogP contribution in [0.3, 0.4) is 0 Å². The molecule has 1 amide bonds. The lowest BCUT2D eigenvalue weighted by molar-refractivity contribution is -0.0501. The first-order valence-corrected chi connectivity index (χ1v) is 5.91. The molecule has 7 heteroatoms.